The maximum Gasteiger partial charge on any atom is 0.254 e. The molecule has 0 radical (unpaired) electrons. The van der Waals surface area contributed by atoms with Crippen molar-refractivity contribution in [2.24, 2.45) is 0 Å². The molecule has 0 fully saturated rings. The highest BCUT2D eigenvalue weighted by atomic mass is 35.5. The molecule has 1 aromatic carbocycles. The van der Waals surface area contributed by atoms with Crippen LogP contribution in [0.15, 0.2) is 36.5 Å². The quantitative estimate of drug-likeness (QED) is 0.600. The molecule has 1 amide bonds. The molecule has 0 aliphatic heterocycles. The molecule has 1 heterocycles. The number of rotatable bonds is 6. The summed E-state index contributed by atoms with van der Waals surface area (Å²) in [5, 5.41) is 0.910. The van der Waals surface area contributed by atoms with Gasteiger partial charge in [-0.15, -0.1) is 11.6 Å². The van der Waals surface area contributed by atoms with Crippen molar-refractivity contribution in [3.8, 4) is 0 Å². The Morgan fingerprint density at radius 3 is 2.80 bits per heavy atom. The molecule has 0 saturated heterocycles. The molecule has 20 heavy (non-hydrogen) atoms. The first-order valence-electron chi connectivity index (χ1n) is 6.89. The van der Waals surface area contributed by atoms with Gasteiger partial charge in [-0.2, -0.15) is 0 Å². The Kier molecular flexibility index (Phi) is 5.36. The van der Waals surface area contributed by atoms with Crippen molar-refractivity contribution >= 4 is 28.4 Å². The summed E-state index contributed by atoms with van der Waals surface area (Å²) in [6.07, 6.45) is 4.73. The Morgan fingerprint density at radius 2 is 2.00 bits per heavy atom. The van der Waals surface area contributed by atoms with E-state index < -0.39 is 0 Å². The van der Waals surface area contributed by atoms with Crippen LogP contribution in [-0.4, -0.2) is 35.3 Å². The van der Waals surface area contributed by atoms with E-state index in [1.807, 2.05) is 31.3 Å². The van der Waals surface area contributed by atoms with Gasteiger partial charge in [-0.25, -0.2) is 0 Å². The Morgan fingerprint density at radius 1 is 1.20 bits per heavy atom. The molecule has 0 aliphatic rings. The SMILES string of the molecule is CN(CCCCCCl)C(=O)c1ccnc2ccccc12. The number of pyridine rings is 1. The van der Waals surface area contributed by atoms with Gasteiger partial charge in [0.2, 0.25) is 0 Å². The molecular formula is C16H19ClN2O. The third-order valence-electron chi connectivity index (χ3n) is 3.35. The number of para-hydroxylation sites is 1. The van der Waals surface area contributed by atoms with Gasteiger partial charge >= 0.3 is 0 Å². The largest absolute Gasteiger partial charge is 0.342 e. The first-order chi connectivity index (χ1) is 9.74. The normalized spacial score (nSPS) is 10.7. The fourth-order valence-corrected chi connectivity index (χ4v) is 2.40. The minimum Gasteiger partial charge on any atom is -0.342 e. The molecule has 0 atom stereocenters. The standard InChI is InChI=1S/C16H19ClN2O/c1-19(12-6-2-5-10-17)16(20)14-9-11-18-15-8-4-3-7-13(14)15/h3-4,7-9,11H,2,5-6,10,12H2,1H3. The highest BCUT2D eigenvalue weighted by Crippen LogP contribution is 2.17. The Labute approximate surface area is 124 Å². The van der Waals surface area contributed by atoms with Crippen molar-refractivity contribution < 1.29 is 4.79 Å². The van der Waals surface area contributed by atoms with E-state index in [0.717, 1.165) is 42.3 Å². The number of hydrogen-bond acceptors (Lipinski definition) is 2. The van der Waals surface area contributed by atoms with Gasteiger partial charge in [-0.05, 0) is 25.0 Å². The zero-order valence-corrected chi connectivity index (χ0v) is 12.4. The number of nitrogens with zero attached hydrogens (tertiary/aromatic N) is 2. The lowest BCUT2D eigenvalue weighted by Gasteiger charge is -2.18. The Balaban J connectivity index is 2.10. The van der Waals surface area contributed by atoms with Crippen LogP contribution in [0.2, 0.25) is 0 Å². The monoisotopic (exact) mass is 290 g/mol. The summed E-state index contributed by atoms with van der Waals surface area (Å²) in [4.78, 5) is 18.6. The second kappa shape index (κ2) is 7.25. The molecule has 0 bridgehead atoms. The highest BCUT2D eigenvalue weighted by molar-refractivity contribution is 6.17. The van der Waals surface area contributed by atoms with Crippen LogP contribution in [0.4, 0.5) is 0 Å². The third kappa shape index (κ3) is 3.48. The zero-order chi connectivity index (χ0) is 14.4. The molecule has 0 spiro atoms. The molecule has 2 aromatic rings. The Bertz CT molecular complexity index is 580. The summed E-state index contributed by atoms with van der Waals surface area (Å²) >= 11 is 5.65. The molecule has 0 unspecified atom stereocenters. The van der Waals surface area contributed by atoms with Crippen molar-refractivity contribution in [2.75, 3.05) is 19.5 Å². The van der Waals surface area contributed by atoms with E-state index in [0.29, 0.717) is 5.88 Å². The molecule has 3 nitrogen and oxygen atoms in total. The van der Waals surface area contributed by atoms with Gasteiger partial charge < -0.3 is 4.90 Å². The van der Waals surface area contributed by atoms with Crippen LogP contribution in [0.25, 0.3) is 10.9 Å². The van der Waals surface area contributed by atoms with Crippen LogP contribution in [-0.2, 0) is 0 Å². The molecule has 4 heteroatoms. The number of carbonyl (C=O) groups excluding carboxylic acids is 1. The molecule has 0 N–H and O–H groups in total. The van der Waals surface area contributed by atoms with Crippen LogP contribution in [0.3, 0.4) is 0 Å². The van der Waals surface area contributed by atoms with Crippen molar-refractivity contribution in [1.29, 1.82) is 0 Å². The first kappa shape index (κ1) is 14.8. The van der Waals surface area contributed by atoms with E-state index in [1.54, 1.807) is 17.2 Å². The van der Waals surface area contributed by atoms with Crippen LogP contribution in [0, 0.1) is 0 Å². The molecule has 2 rings (SSSR count). The summed E-state index contributed by atoms with van der Waals surface area (Å²) < 4.78 is 0. The number of fused-ring (bicyclic) bond motifs is 1. The van der Waals surface area contributed by atoms with Gasteiger partial charge in [0, 0.05) is 31.1 Å². The number of amides is 1. The van der Waals surface area contributed by atoms with Gasteiger partial charge in [0.05, 0.1) is 11.1 Å². The number of halogens is 1. The van der Waals surface area contributed by atoms with E-state index in [1.165, 1.54) is 0 Å². The van der Waals surface area contributed by atoms with Gasteiger partial charge in [0.25, 0.3) is 5.91 Å². The topological polar surface area (TPSA) is 33.2 Å². The second-order valence-corrected chi connectivity index (χ2v) is 5.23. The summed E-state index contributed by atoms with van der Waals surface area (Å²) in [6.45, 7) is 0.756. The fourth-order valence-electron chi connectivity index (χ4n) is 2.21. The lowest BCUT2D eigenvalue weighted by Crippen LogP contribution is -2.28. The number of benzene rings is 1. The predicted molar refractivity (Wildman–Crippen MR) is 83.3 cm³/mol. The van der Waals surface area contributed by atoms with E-state index >= 15 is 0 Å². The third-order valence-corrected chi connectivity index (χ3v) is 3.62. The maximum absolute atomic E-state index is 12.5. The molecular weight excluding hydrogens is 272 g/mol. The second-order valence-electron chi connectivity index (χ2n) is 4.85. The van der Waals surface area contributed by atoms with Crippen molar-refractivity contribution in [3.05, 3.63) is 42.1 Å². The predicted octanol–water partition coefficient (Wildman–Crippen LogP) is 3.72. The van der Waals surface area contributed by atoms with Gasteiger partial charge in [0.1, 0.15) is 0 Å². The van der Waals surface area contributed by atoms with E-state index in [2.05, 4.69) is 4.98 Å². The Hall–Kier alpha value is -1.61. The smallest absolute Gasteiger partial charge is 0.254 e. The number of carbonyl (C=O) groups is 1. The first-order valence-corrected chi connectivity index (χ1v) is 7.42. The number of hydrogen-bond donors (Lipinski definition) is 0. The van der Waals surface area contributed by atoms with E-state index in [9.17, 15) is 4.79 Å². The van der Waals surface area contributed by atoms with Crippen LogP contribution < -0.4 is 0 Å². The molecule has 1 aromatic heterocycles. The highest BCUT2D eigenvalue weighted by Gasteiger charge is 2.14. The van der Waals surface area contributed by atoms with Gasteiger partial charge in [-0.3, -0.25) is 9.78 Å². The summed E-state index contributed by atoms with van der Waals surface area (Å²) in [6, 6.07) is 9.52. The minimum absolute atomic E-state index is 0.0504. The fraction of sp³-hybridized carbons (Fsp3) is 0.375. The van der Waals surface area contributed by atoms with Crippen molar-refractivity contribution in [3.63, 3.8) is 0 Å². The van der Waals surface area contributed by atoms with E-state index in [4.69, 9.17) is 11.6 Å². The lowest BCUT2D eigenvalue weighted by atomic mass is 10.1. The number of alkyl halides is 1. The number of unbranched alkanes of at least 4 members (excludes halogenated alkanes) is 2. The van der Waals surface area contributed by atoms with Gasteiger partial charge in [0.15, 0.2) is 0 Å². The molecule has 106 valence electrons. The average Bonchev–Trinajstić information content (AvgIpc) is 2.50. The van der Waals surface area contributed by atoms with Gasteiger partial charge in [-0.1, -0.05) is 24.6 Å². The van der Waals surface area contributed by atoms with Crippen LogP contribution in [0.1, 0.15) is 29.6 Å². The molecule has 0 saturated carbocycles. The van der Waals surface area contributed by atoms with Crippen LogP contribution >= 0.6 is 11.6 Å². The maximum atomic E-state index is 12.5. The molecule has 0 aliphatic carbocycles. The minimum atomic E-state index is 0.0504. The van der Waals surface area contributed by atoms with Crippen molar-refractivity contribution in [2.45, 2.75) is 19.3 Å². The summed E-state index contributed by atoms with van der Waals surface area (Å²) in [5.41, 5.74) is 1.57. The lowest BCUT2D eigenvalue weighted by molar-refractivity contribution is 0.0794. The summed E-state index contributed by atoms with van der Waals surface area (Å²) in [5.74, 6) is 0.738. The number of aromatic nitrogens is 1. The van der Waals surface area contributed by atoms with E-state index in [-0.39, 0.29) is 5.91 Å². The zero-order valence-electron chi connectivity index (χ0n) is 11.7. The van der Waals surface area contributed by atoms with Crippen LogP contribution in [0.5, 0.6) is 0 Å². The average molecular weight is 291 g/mol. The summed E-state index contributed by atoms with van der Waals surface area (Å²) in [7, 11) is 1.85. The van der Waals surface area contributed by atoms with Crippen molar-refractivity contribution in [1.82, 2.24) is 9.88 Å².